The van der Waals surface area contributed by atoms with Crippen molar-refractivity contribution in [3.63, 3.8) is 0 Å². The standard InChI is InChI=1S/C14H16N2O3/c1-9-8-19-10(2)13(9)14(17)16(3)12-6-5-11(18-4)7-15-12/h5-8H,1-4H3. The average Bonchev–Trinajstić information content (AvgIpc) is 2.77. The monoisotopic (exact) mass is 260 g/mol. The van der Waals surface area contributed by atoms with E-state index in [-0.39, 0.29) is 5.91 Å². The molecule has 100 valence electrons. The van der Waals surface area contributed by atoms with E-state index in [9.17, 15) is 4.79 Å². The number of ether oxygens (including phenoxy) is 1. The van der Waals surface area contributed by atoms with E-state index in [1.165, 1.54) is 4.90 Å². The number of furan rings is 1. The summed E-state index contributed by atoms with van der Waals surface area (Å²) < 4.78 is 10.3. The summed E-state index contributed by atoms with van der Waals surface area (Å²) in [4.78, 5) is 18.1. The first-order valence-corrected chi connectivity index (χ1v) is 5.87. The second-order valence-electron chi connectivity index (χ2n) is 4.27. The van der Waals surface area contributed by atoms with Gasteiger partial charge in [-0.3, -0.25) is 9.69 Å². The first kappa shape index (κ1) is 13.1. The summed E-state index contributed by atoms with van der Waals surface area (Å²) in [5, 5.41) is 0. The highest BCUT2D eigenvalue weighted by Gasteiger charge is 2.21. The van der Waals surface area contributed by atoms with E-state index in [1.807, 2.05) is 6.92 Å². The van der Waals surface area contributed by atoms with Crippen LogP contribution in [0.4, 0.5) is 5.82 Å². The lowest BCUT2D eigenvalue weighted by molar-refractivity contribution is 0.0990. The Balaban J connectivity index is 2.28. The van der Waals surface area contributed by atoms with E-state index >= 15 is 0 Å². The van der Waals surface area contributed by atoms with Gasteiger partial charge in [-0.1, -0.05) is 0 Å². The van der Waals surface area contributed by atoms with Gasteiger partial charge in [0, 0.05) is 12.6 Å². The van der Waals surface area contributed by atoms with Crippen LogP contribution in [0.5, 0.6) is 5.75 Å². The van der Waals surface area contributed by atoms with Gasteiger partial charge in [-0.05, 0) is 26.0 Å². The van der Waals surface area contributed by atoms with Gasteiger partial charge in [0.1, 0.15) is 17.3 Å². The topological polar surface area (TPSA) is 55.6 Å². The third-order valence-electron chi connectivity index (χ3n) is 2.98. The molecule has 5 heteroatoms. The molecule has 5 nitrogen and oxygen atoms in total. The molecule has 19 heavy (non-hydrogen) atoms. The molecule has 0 saturated heterocycles. The van der Waals surface area contributed by atoms with Crippen LogP contribution in [-0.4, -0.2) is 25.0 Å². The predicted molar refractivity (Wildman–Crippen MR) is 71.7 cm³/mol. The van der Waals surface area contributed by atoms with Gasteiger partial charge in [0.15, 0.2) is 0 Å². The fraction of sp³-hybridized carbons (Fsp3) is 0.286. The number of hydrogen-bond donors (Lipinski definition) is 0. The Morgan fingerprint density at radius 2 is 2.11 bits per heavy atom. The highest BCUT2D eigenvalue weighted by Crippen LogP contribution is 2.21. The van der Waals surface area contributed by atoms with Crippen LogP contribution in [0.15, 0.2) is 29.0 Å². The summed E-state index contributed by atoms with van der Waals surface area (Å²) in [5.41, 5.74) is 1.41. The minimum atomic E-state index is -0.138. The van der Waals surface area contributed by atoms with Crippen molar-refractivity contribution in [3.8, 4) is 5.75 Å². The molecule has 0 N–H and O–H groups in total. The number of nitrogens with zero attached hydrogens (tertiary/aromatic N) is 2. The zero-order chi connectivity index (χ0) is 14.0. The van der Waals surface area contributed by atoms with Crippen molar-refractivity contribution in [1.82, 2.24) is 4.98 Å². The highest BCUT2D eigenvalue weighted by molar-refractivity contribution is 6.06. The molecule has 0 aliphatic rings. The van der Waals surface area contributed by atoms with E-state index in [4.69, 9.17) is 9.15 Å². The lowest BCUT2D eigenvalue weighted by atomic mass is 10.1. The lowest BCUT2D eigenvalue weighted by Gasteiger charge is -2.16. The minimum absolute atomic E-state index is 0.138. The van der Waals surface area contributed by atoms with Crippen molar-refractivity contribution < 1.29 is 13.9 Å². The largest absolute Gasteiger partial charge is 0.495 e. The van der Waals surface area contributed by atoms with Gasteiger partial charge in [0.05, 0.1) is 25.1 Å². The Bertz CT molecular complexity index is 568. The number of amides is 1. The Labute approximate surface area is 111 Å². The van der Waals surface area contributed by atoms with Crippen LogP contribution in [0.2, 0.25) is 0 Å². The number of rotatable bonds is 3. The molecule has 0 saturated carbocycles. The summed E-state index contributed by atoms with van der Waals surface area (Å²) in [5.74, 6) is 1.69. The number of hydrogen-bond acceptors (Lipinski definition) is 4. The summed E-state index contributed by atoms with van der Waals surface area (Å²) in [7, 11) is 3.26. The second kappa shape index (κ2) is 5.14. The molecule has 0 fully saturated rings. The van der Waals surface area contributed by atoms with Crippen molar-refractivity contribution in [2.75, 3.05) is 19.1 Å². The van der Waals surface area contributed by atoms with Crippen LogP contribution < -0.4 is 9.64 Å². The van der Waals surface area contributed by atoms with Crippen molar-refractivity contribution in [2.24, 2.45) is 0 Å². The van der Waals surface area contributed by atoms with Crippen molar-refractivity contribution >= 4 is 11.7 Å². The van der Waals surface area contributed by atoms with E-state index in [0.29, 0.717) is 22.9 Å². The molecule has 2 rings (SSSR count). The van der Waals surface area contributed by atoms with E-state index < -0.39 is 0 Å². The van der Waals surface area contributed by atoms with Gasteiger partial charge in [0.2, 0.25) is 0 Å². The molecular formula is C14H16N2O3. The van der Waals surface area contributed by atoms with Gasteiger partial charge in [0.25, 0.3) is 5.91 Å². The first-order chi connectivity index (χ1) is 9.04. The molecule has 0 aliphatic heterocycles. The normalized spacial score (nSPS) is 10.3. The molecule has 0 aromatic carbocycles. The number of aryl methyl sites for hydroxylation is 2. The first-order valence-electron chi connectivity index (χ1n) is 5.87. The third-order valence-corrected chi connectivity index (χ3v) is 2.98. The number of carbonyl (C=O) groups is 1. The summed E-state index contributed by atoms with van der Waals surface area (Å²) >= 11 is 0. The van der Waals surface area contributed by atoms with E-state index in [2.05, 4.69) is 4.98 Å². The van der Waals surface area contributed by atoms with Gasteiger partial charge in [-0.15, -0.1) is 0 Å². The molecule has 0 radical (unpaired) electrons. The third kappa shape index (κ3) is 2.45. The van der Waals surface area contributed by atoms with Crippen molar-refractivity contribution in [1.29, 1.82) is 0 Å². The Morgan fingerprint density at radius 1 is 1.37 bits per heavy atom. The molecular weight excluding hydrogens is 244 g/mol. The van der Waals surface area contributed by atoms with Gasteiger partial charge >= 0.3 is 0 Å². The number of methoxy groups -OCH3 is 1. The maximum Gasteiger partial charge on any atom is 0.262 e. The summed E-state index contributed by atoms with van der Waals surface area (Å²) in [6.45, 7) is 3.62. The van der Waals surface area contributed by atoms with Crippen LogP contribution in [0.25, 0.3) is 0 Å². The number of anilines is 1. The second-order valence-corrected chi connectivity index (χ2v) is 4.27. The smallest absolute Gasteiger partial charge is 0.262 e. The number of pyridine rings is 1. The zero-order valence-electron chi connectivity index (χ0n) is 11.4. The molecule has 0 aliphatic carbocycles. The van der Waals surface area contributed by atoms with Crippen molar-refractivity contribution in [2.45, 2.75) is 13.8 Å². The van der Waals surface area contributed by atoms with Crippen LogP contribution >= 0.6 is 0 Å². The van der Waals surface area contributed by atoms with Gasteiger partial charge in [-0.25, -0.2) is 4.98 Å². The highest BCUT2D eigenvalue weighted by atomic mass is 16.5. The Morgan fingerprint density at radius 3 is 2.58 bits per heavy atom. The lowest BCUT2D eigenvalue weighted by Crippen LogP contribution is -2.27. The average molecular weight is 260 g/mol. The molecule has 1 amide bonds. The van der Waals surface area contributed by atoms with Crippen LogP contribution in [0.3, 0.4) is 0 Å². The molecule has 0 atom stereocenters. The fourth-order valence-electron chi connectivity index (χ4n) is 1.85. The molecule has 0 spiro atoms. The van der Waals surface area contributed by atoms with Crippen LogP contribution in [0.1, 0.15) is 21.7 Å². The fourth-order valence-corrected chi connectivity index (χ4v) is 1.85. The molecule has 0 bridgehead atoms. The molecule has 2 aromatic rings. The number of aromatic nitrogens is 1. The van der Waals surface area contributed by atoms with Crippen LogP contribution in [0, 0.1) is 13.8 Å². The zero-order valence-corrected chi connectivity index (χ0v) is 11.4. The number of carbonyl (C=O) groups excluding carboxylic acids is 1. The van der Waals surface area contributed by atoms with E-state index in [0.717, 1.165) is 5.56 Å². The summed E-state index contributed by atoms with van der Waals surface area (Å²) in [6, 6.07) is 3.50. The molecule has 2 aromatic heterocycles. The Kier molecular flexibility index (Phi) is 3.55. The minimum Gasteiger partial charge on any atom is -0.495 e. The van der Waals surface area contributed by atoms with Gasteiger partial charge in [-0.2, -0.15) is 0 Å². The van der Waals surface area contributed by atoms with Gasteiger partial charge < -0.3 is 9.15 Å². The molecule has 0 unspecified atom stereocenters. The maximum absolute atomic E-state index is 12.4. The predicted octanol–water partition coefficient (Wildman–Crippen LogP) is 2.58. The Hall–Kier alpha value is -2.30. The SMILES string of the molecule is COc1ccc(N(C)C(=O)c2c(C)coc2C)nc1. The maximum atomic E-state index is 12.4. The molecule has 2 heterocycles. The van der Waals surface area contributed by atoms with E-state index in [1.54, 1.807) is 45.7 Å². The summed E-state index contributed by atoms with van der Waals surface area (Å²) in [6.07, 6.45) is 3.16. The van der Waals surface area contributed by atoms with Crippen LogP contribution in [-0.2, 0) is 0 Å². The quantitative estimate of drug-likeness (QED) is 0.851. The van der Waals surface area contributed by atoms with Crippen molar-refractivity contribution in [3.05, 3.63) is 41.5 Å².